The smallest absolute Gasteiger partial charge is 0.322 e. The van der Waals surface area contributed by atoms with Crippen molar-refractivity contribution in [3.63, 3.8) is 0 Å². The summed E-state index contributed by atoms with van der Waals surface area (Å²) in [5.41, 5.74) is 5.01. The molecular weight excluding hydrogens is 502 g/mol. The summed E-state index contributed by atoms with van der Waals surface area (Å²) >= 11 is 0. The Kier molecular flexibility index (Phi) is 9.22. The summed E-state index contributed by atoms with van der Waals surface area (Å²) in [4.78, 5) is 39.4. The first-order chi connectivity index (χ1) is 18.9. The molecule has 3 N–H and O–H groups in total. The monoisotopic (exact) mass is 547 g/mol. The number of hydrogen-bond donors (Lipinski definition) is 3. The lowest BCUT2D eigenvalue weighted by atomic mass is 9.71. The second kappa shape index (κ2) is 12.4. The van der Waals surface area contributed by atoms with Gasteiger partial charge in [0, 0.05) is 23.8 Å². The molecule has 0 heterocycles. The largest absolute Gasteiger partial charge is 0.481 e. The van der Waals surface area contributed by atoms with Crippen molar-refractivity contribution in [1.29, 1.82) is 0 Å². The maximum absolute atomic E-state index is 14.0. The molecule has 0 saturated heterocycles. The number of hydrogen-bond acceptors (Lipinski definition) is 3. The molecule has 40 heavy (non-hydrogen) atoms. The van der Waals surface area contributed by atoms with Gasteiger partial charge in [-0.15, -0.1) is 0 Å². The van der Waals surface area contributed by atoms with Gasteiger partial charge in [0.15, 0.2) is 0 Å². The zero-order valence-corrected chi connectivity index (χ0v) is 24.6. The van der Waals surface area contributed by atoms with Crippen LogP contribution in [0.4, 0.5) is 10.5 Å². The maximum atomic E-state index is 14.0. The summed E-state index contributed by atoms with van der Waals surface area (Å²) in [6.45, 7) is 11.3. The Hall–Kier alpha value is -3.35. The van der Waals surface area contributed by atoms with Crippen molar-refractivity contribution < 1.29 is 19.5 Å². The van der Waals surface area contributed by atoms with E-state index in [2.05, 4.69) is 62.3 Å². The summed E-state index contributed by atoms with van der Waals surface area (Å²) in [7, 11) is 0. The molecule has 216 valence electrons. The zero-order valence-electron chi connectivity index (χ0n) is 24.6. The van der Waals surface area contributed by atoms with E-state index in [1.54, 1.807) is 6.07 Å². The first kappa shape index (κ1) is 29.6. The molecule has 1 fully saturated rings. The summed E-state index contributed by atoms with van der Waals surface area (Å²) in [5.74, 6) is -0.135. The van der Waals surface area contributed by atoms with Gasteiger partial charge in [-0.2, -0.15) is 0 Å². The highest BCUT2D eigenvalue weighted by atomic mass is 16.4. The fourth-order valence-electron chi connectivity index (χ4n) is 6.33. The molecule has 1 unspecified atom stereocenters. The Bertz CT molecular complexity index is 1210. The molecule has 0 spiro atoms. The van der Waals surface area contributed by atoms with Crippen LogP contribution in [0.2, 0.25) is 0 Å². The number of fused-ring (bicyclic) bond motifs is 1. The van der Waals surface area contributed by atoms with E-state index >= 15 is 0 Å². The minimum absolute atomic E-state index is 0.0507. The number of rotatable bonds is 8. The zero-order chi connectivity index (χ0) is 29.0. The third-order valence-electron chi connectivity index (χ3n) is 8.79. The van der Waals surface area contributed by atoms with Crippen LogP contribution in [0.15, 0.2) is 42.5 Å². The number of nitrogens with zero attached hydrogens (tertiary/aromatic N) is 1. The number of aryl methyl sites for hydroxylation is 1. The molecule has 7 nitrogen and oxygen atoms in total. The van der Waals surface area contributed by atoms with Crippen LogP contribution in [0.5, 0.6) is 0 Å². The molecule has 3 amide bonds. The highest BCUT2D eigenvalue weighted by Crippen LogP contribution is 2.44. The van der Waals surface area contributed by atoms with E-state index in [1.165, 1.54) is 5.56 Å². The first-order valence-corrected chi connectivity index (χ1v) is 14.8. The average Bonchev–Trinajstić information content (AvgIpc) is 3.31. The van der Waals surface area contributed by atoms with E-state index in [0.717, 1.165) is 55.3 Å². The van der Waals surface area contributed by atoms with Crippen molar-refractivity contribution >= 4 is 23.6 Å². The van der Waals surface area contributed by atoms with Gasteiger partial charge in [0.2, 0.25) is 0 Å². The van der Waals surface area contributed by atoms with E-state index in [4.69, 9.17) is 5.11 Å². The molecule has 4 rings (SSSR count). The van der Waals surface area contributed by atoms with Crippen molar-refractivity contribution in [2.75, 3.05) is 11.9 Å². The lowest BCUT2D eigenvalue weighted by Gasteiger charge is -2.43. The van der Waals surface area contributed by atoms with Crippen LogP contribution in [0.1, 0.15) is 112 Å². The summed E-state index contributed by atoms with van der Waals surface area (Å²) in [6.07, 6.45) is 5.68. The predicted octanol–water partition coefficient (Wildman–Crippen LogP) is 7.14. The van der Waals surface area contributed by atoms with Gasteiger partial charge in [0.05, 0.1) is 12.5 Å². The maximum Gasteiger partial charge on any atom is 0.322 e. The quantitative estimate of drug-likeness (QED) is 0.327. The molecule has 0 aromatic heterocycles. The van der Waals surface area contributed by atoms with Crippen LogP contribution in [0, 0.1) is 11.3 Å². The SMILES string of the molecule is CC(C)c1ccc(NC(=O)N(C2CCC(C(C)(C)C)CC2)C2CCc3cc(C(=O)NCCC(=O)O)ccc32)cc1. The number of anilines is 1. The van der Waals surface area contributed by atoms with Crippen molar-refractivity contribution in [2.45, 2.75) is 97.6 Å². The Morgan fingerprint density at radius 2 is 1.65 bits per heavy atom. The van der Waals surface area contributed by atoms with Gasteiger partial charge in [-0.05, 0) is 96.7 Å². The van der Waals surface area contributed by atoms with Crippen molar-refractivity contribution in [3.05, 3.63) is 64.7 Å². The van der Waals surface area contributed by atoms with Crippen LogP contribution in [0.3, 0.4) is 0 Å². The third-order valence-corrected chi connectivity index (χ3v) is 8.79. The normalized spacial score (nSPS) is 20.6. The summed E-state index contributed by atoms with van der Waals surface area (Å²) in [6, 6.07) is 13.9. The average molecular weight is 548 g/mol. The van der Waals surface area contributed by atoms with E-state index in [1.807, 2.05) is 24.3 Å². The molecule has 2 aromatic rings. The van der Waals surface area contributed by atoms with E-state index < -0.39 is 5.97 Å². The second-order valence-corrected chi connectivity index (χ2v) is 12.9. The lowest BCUT2D eigenvalue weighted by Crippen LogP contribution is -2.47. The van der Waals surface area contributed by atoms with Gasteiger partial charge in [-0.25, -0.2) is 4.79 Å². The molecule has 0 aliphatic heterocycles. The van der Waals surface area contributed by atoms with Gasteiger partial charge >= 0.3 is 12.0 Å². The van der Waals surface area contributed by atoms with Gasteiger partial charge in [0.1, 0.15) is 0 Å². The van der Waals surface area contributed by atoms with Gasteiger partial charge in [-0.1, -0.05) is 52.8 Å². The van der Waals surface area contributed by atoms with Gasteiger partial charge < -0.3 is 20.6 Å². The molecule has 7 heteroatoms. The molecule has 0 radical (unpaired) electrons. The number of carboxylic acids is 1. The lowest BCUT2D eigenvalue weighted by molar-refractivity contribution is -0.136. The van der Waals surface area contributed by atoms with Crippen LogP contribution >= 0.6 is 0 Å². The Balaban J connectivity index is 1.55. The molecular formula is C33H45N3O4. The number of carboxylic acid groups (broad SMARTS) is 1. The second-order valence-electron chi connectivity index (χ2n) is 12.9. The summed E-state index contributed by atoms with van der Waals surface area (Å²) in [5, 5.41) is 14.7. The summed E-state index contributed by atoms with van der Waals surface area (Å²) < 4.78 is 0. The molecule has 1 saturated carbocycles. The number of urea groups is 1. The van der Waals surface area contributed by atoms with E-state index in [0.29, 0.717) is 17.4 Å². The van der Waals surface area contributed by atoms with Crippen LogP contribution in [-0.2, 0) is 11.2 Å². The first-order valence-electron chi connectivity index (χ1n) is 14.8. The van der Waals surface area contributed by atoms with E-state index in [9.17, 15) is 14.4 Å². The van der Waals surface area contributed by atoms with Crippen molar-refractivity contribution in [2.24, 2.45) is 11.3 Å². The Labute approximate surface area is 238 Å². The van der Waals surface area contributed by atoms with Crippen LogP contribution in [-0.4, -0.2) is 40.5 Å². The standard InChI is InChI=1S/C33H45N3O4/c1-21(2)22-6-12-26(13-7-22)35-32(40)36(27-14-10-25(11-15-27)33(3,4)5)29-17-9-23-20-24(8-16-28(23)29)31(39)34-19-18-30(37)38/h6-8,12-13,16,20-21,25,27,29H,9-11,14-15,17-19H2,1-5H3,(H,34,39)(H,35,40)(H,37,38). The Morgan fingerprint density at radius 1 is 0.975 bits per heavy atom. The highest BCUT2D eigenvalue weighted by Gasteiger charge is 2.39. The van der Waals surface area contributed by atoms with Crippen LogP contribution < -0.4 is 10.6 Å². The fourth-order valence-corrected chi connectivity index (χ4v) is 6.33. The van der Waals surface area contributed by atoms with E-state index in [-0.39, 0.29) is 42.4 Å². The fraction of sp³-hybridized carbons (Fsp3) is 0.545. The minimum Gasteiger partial charge on any atom is -0.481 e. The van der Waals surface area contributed by atoms with Crippen molar-refractivity contribution in [1.82, 2.24) is 10.2 Å². The Morgan fingerprint density at radius 3 is 2.25 bits per heavy atom. The number of amides is 3. The molecule has 1 atom stereocenters. The molecule has 2 aromatic carbocycles. The minimum atomic E-state index is -0.942. The number of carbonyl (C=O) groups excluding carboxylic acids is 2. The van der Waals surface area contributed by atoms with Gasteiger partial charge in [0.25, 0.3) is 5.91 Å². The van der Waals surface area contributed by atoms with Crippen LogP contribution in [0.25, 0.3) is 0 Å². The van der Waals surface area contributed by atoms with Gasteiger partial charge in [-0.3, -0.25) is 9.59 Å². The third kappa shape index (κ3) is 7.04. The molecule has 2 aliphatic carbocycles. The van der Waals surface area contributed by atoms with Crippen molar-refractivity contribution in [3.8, 4) is 0 Å². The topological polar surface area (TPSA) is 98.7 Å². The number of aliphatic carboxylic acids is 1. The number of carbonyl (C=O) groups is 3. The number of nitrogens with one attached hydrogen (secondary N) is 2. The molecule has 0 bridgehead atoms. The predicted molar refractivity (Wildman–Crippen MR) is 159 cm³/mol. The molecule has 2 aliphatic rings. The number of benzene rings is 2. The highest BCUT2D eigenvalue weighted by molar-refractivity contribution is 5.95.